The molecule has 0 bridgehead atoms. The molecule has 0 aliphatic rings. The van der Waals surface area contributed by atoms with E-state index in [4.69, 9.17) is 4.74 Å². The number of nitrogens with zero attached hydrogens (tertiary/aromatic N) is 4. The lowest BCUT2D eigenvalue weighted by Gasteiger charge is -2.02. The molecule has 0 atom stereocenters. The van der Waals surface area contributed by atoms with Gasteiger partial charge in [-0.05, 0) is 31.2 Å². The number of aromatic nitrogens is 3. The molecule has 7 heteroatoms. The van der Waals surface area contributed by atoms with Gasteiger partial charge in [0.2, 0.25) is 0 Å². The Hall–Kier alpha value is -3.50. The maximum Gasteiger partial charge on any atom is 0.350 e. The van der Waals surface area contributed by atoms with Gasteiger partial charge >= 0.3 is 5.97 Å². The SMILES string of the molecule is Cc1nc(-c2ccccn2)sc1C(=O)OCc1cn2ccccc2c1C#N. The smallest absolute Gasteiger partial charge is 0.350 e. The monoisotopic (exact) mass is 374 g/mol. The summed E-state index contributed by atoms with van der Waals surface area (Å²) < 4.78 is 7.31. The van der Waals surface area contributed by atoms with E-state index in [2.05, 4.69) is 16.0 Å². The lowest BCUT2D eigenvalue weighted by atomic mass is 10.2. The first kappa shape index (κ1) is 16.9. The predicted octanol–water partition coefficient (Wildman–Crippen LogP) is 3.99. The number of hydrogen-bond donors (Lipinski definition) is 0. The van der Waals surface area contributed by atoms with Gasteiger partial charge in [0.25, 0.3) is 0 Å². The zero-order valence-corrected chi connectivity index (χ0v) is 15.2. The van der Waals surface area contributed by atoms with Crippen molar-refractivity contribution in [3.05, 3.63) is 76.7 Å². The quantitative estimate of drug-likeness (QED) is 0.505. The zero-order chi connectivity index (χ0) is 18.8. The normalized spacial score (nSPS) is 10.7. The lowest BCUT2D eigenvalue weighted by Crippen LogP contribution is -2.05. The van der Waals surface area contributed by atoms with Crippen LogP contribution >= 0.6 is 11.3 Å². The van der Waals surface area contributed by atoms with Crippen LogP contribution < -0.4 is 0 Å². The van der Waals surface area contributed by atoms with Crippen LogP contribution in [0.3, 0.4) is 0 Å². The molecular weight excluding hydrogens is 360 g/mol. The summed E-state index contributed by atoms with van der Waals surface area (Å²) in [7, 11) is 0. The number of pyridine rings is 2. The summed E-state index contributed by atoms with van der Waals surface area (Å²) >= 11 is 1.25. The number of esters is 1. The van der Waals surface area contributed by atoms with Gasteiger partial charge in [0.1, 0.15) is 22.6 Å². The average molecular weight is 374 g/mol. The molecule has 0 N–H and O–H groups in total. The topological polar surface area (TPSA) is 80.3 Å². The summed E-state index contributed by atoms with van der Waals surface area (Å²) in [5, 5.41) is 10.1. The highest BCUT2D eigenvalue weighted by Gasteiger charge is 2.19. The van der Waals surface area contributed by atoms with E-state index >= 15 is 0 Å². The van der Waals surface area contributed by atoms with E-state index < -0.39 is 5.97 Å². The fourth-order valence-electron chi connectivity index (χ4n) is 2.81. The number of fused-ring (bicyclic) bond motifs is 1. The van der Waals surface area contributed by atoms with Crippen molar-refractivity contribution in [3.63, 3.8) is 0 Å². The first-order valence-corrected chi connectivity index (χ1v) is 9.03. The van der Waals surface area contributed by atoms with E-state index in [1.807, 2.05) is 47.0 Å². The van der Waals surface area contributed by atoms with Gasteiger partial charge in [-0.25, -0.2) is 9.78 Å². The van der Waals surface area contributed by atoms with Crippen molar-refractivity contribution in [2.45, 2.75) is 13.5 Å². The summed E-state index contributed by atoms with van der Waals surface area (Å²) in [6, 6.07) is 13.3. The van der Waals surface area contributed by atoms with Crippen molar-refractivity contribution in [1.29, 1.82) is 5.26 Å². The van der Waals surface area contributed by atoms with Gasteiger partial charge in [-0.3, -0.25) is 4.98 Å². The molecule has 0 aliphatic heterocycles. The van der Waals surface area contributed by atoms with Gasteiger partial charge in [0.15, 0.2) is 0 Å². The van der Waals surface area contributed by atoms with Crippen LogP contribution in [0, 0.1) is 18.3 Å². The van der Waals surface area contributed by atoms with E-state index in [1.165, 1.54) is 11.3 Å². The van der Waals surface area contributed by atoms with Crippen molar-refractivity contribution >= 4 is 22.8 Å². The summed E-state index contributed by atoms with van der Waals surface area (Å²) in [4.78, 5) is 21.7. The molecule has 0 aromatic carbocycles. The third kappa shape index (κ3) is 3.18. The molecule has 0 spiro atoms. The minimum Gasteiger partial charge on any atom is -0.456 e. The molecule has 27 heavy (non-hydrogen) atoms. The van der Waals surface area contributed by atoms with Crippen LogP contribution in [-0.2, 0) is 11.3 Å². The maximum absolute atomic E-state index is 12.5. The molecular formula is C20H14N4O2S. The van der Waals surface area contributed by atoms with Crippen LogP contribution in [0.2, 0.25) is 0 Å². The highest BCUT2D eigenvalue weighted by atomic mass is 32.1. The van der Waals surface area contributed by atoms with Gasteiger partial charge in [-0.1, -0.05) is 12.1 Å². The number of nitriles is 1. The van der Waals surface area contributed by atoms with Crippen LogP contribution in [0.5, 0.6) is 0 Å². The minimum atomic E-state index is -0.452. The Morgan fingerprint density at radius 2 is 2.15 bits per heavy atom. The number of hydrogen-bond acceptors (Lipinski definition) is 6. The Bertz CT molecular complexity index is 1170. The van der Waals surface area contributed by atoms with Crippen LogP contribution in [0.15, 0.2) is 55.0 Å². The number of carbonyl (C=O) groups is 1. The van der Waals surface area contributed by atoms with Gasteiger partial charge in [-0.2, -0.15) is 5.26 Å². The van der Waals surface area contributed by atoms with Crippen LogP contribution in [0.1, 0.15) is 26.5 Å². The third-order valence-corrected chi connectivity index (χ3v) is 5.26. The highest BCUT2D eigenvalue weighted by Crippen LogP contribution is 2.27. The summed E-state index contributed by atoms with van der Waals surface area (Å²) in [6.07, 6.45) is 5.35. The second-order valence-corrected chi connectivity index (χ2v) is 6.86. The third-order valence-electron chi connectivity index (χ3n) is 4.10. The first-order chi connectivity index (χ1) is 13.2. The Balaban J connectivity index is 1.56. The molecule has 0 radical (unpaired) electrons. The molecule has 0 unspecified atom stereocenters. The largest absolute Gasteiger partial charge is 0.456 e. The van der Waals surface area contributed by atoms with Crippen LogP contribution in [-0.4, -0.2) is 20.3 Å². The fourth-order valence-corrected chi connectivity index (χ4v) is 3.75. The molecule has 4 heterocycles. The van der Waals surface area contributed by atoms with E-state index in [-0.39, 0.29) is 6.61 Å². The predicted molar refractivity (Wildman–Crippen MR) is 101 cm³/mol. The molecule has 0 amide bonds. The molecule has 4 aromatic heterocycles. The molecule has 6 nitrogen and oxygen atoms in total. The van der Waals surface area contributed by atoms with Crippen LogP contribution in [0.25, 0.3) is 16.2 Å². The summed E-state index contributed by atoms with van der Waals surface area (Å²) in [5.41, 5.74) is 3.29. The lowest BCUT2D eigenvalue weighted by molar-refractivity contribution is 0.0477. The molecule has 0 saturated heterocycles. The van der Waals surface area contributed by atoms with E-state index in [1.54, 1.807) is 19.3 Å². The van der Waals surface area contributed by atoms with Crippen molar-refractivity contribution in [2.24, 2.45) is 0 Å². The van der Waals surface area contributed by atoms with Gasteiger partial charge < -0.3 is 9.14 Å². The average Bonchev–Trinajstić information content (AvgIpc) is 3.27. The molecule has 0 saturated carbocycles. The molecule has 4 rings (SSSR count). The molecule has 0 fully saturated rings. The number of aryl methyl sites for hydroxylation is 1. The molecule has 0 aliphatic carbocycles. The van der Waals surface area contributed by atoms with Crippen molar-refractivity contribution < 1.29 is 9.53 Å². The Labute approximate surface area is 159 Å². The van der Waals surface area contributed by atoms with Crippen LogP contribution in [0.4, 0.5) is 0 Å². The van der Waals surface area contributed by atoms with Gasteiger partial charge in [-0.15, -0.1) is 11.3 Å². The first-order valence-electron chi connectivity index (χ1n) is 8.22. The van der Waals surface area contributed by atoms with Gasteiger partial charge in [0.05, 0.1) is 22.5 Å². The van der Waals surface area contributed by atoms with Crippen molar-refractivity contribution in [1.82, 2.24) is 14.4 Å². The summed E-state index contributed by atoms with van der Waals surface area (Å²) in [5.74, 6) is -0.452. The number of ether oxygens (including phenoxy) is 1. The van der Waals surface area contributed by atoms with Gasteiger partial charge in [0, 0.05) is 24.2 Å². The second-order valence-electron chi connectivity index (χ2n) is 5.86. The number of rotatable bonds is 4. The minimum absolute atomic E-state index is 0.0274. The molecule has 4 aromatic rings. The second kappa shape index (κ2) is 7.02. The van der Waals surface area contributed by atoms with Crippen molar-refractivity contribution in [2.75, 3.05) is 0 Å². The Morgan fingerprint density at radius 3 is 2.93 bits per heavy atom. The standard InChI is InChI=1S/C20H14N4O2S/c1-13-18(27-19(23-13)16-6-2-4-8-22-16)20(25)26-12-14-11-24-9-5-3-7-17(24)15(14)10-21/h2-9,11H,12H2,1H3. The number of thiazole rings is 1. The Kier molecular flexibility index (Phi) is 4.40. The van der Waals surface area contributed by atoms with E-state index in [0.717, 1.165) is 11.2 Å². The number of carbonyl (C=O) groups excluding carboxylic acids is 1. The maximum atomic E-state index is 12.5. The highest BCUT2D eigenvalue weighted by molar-refractivity contribution is 7.17. The zero-order valence-electron chi connectivity index (χ0n) is 14.4. The fraction of sp³-hybridized carbons (Fsp3) is 0.100. The molecule has 132 valence electrons. The van der Waals surface area contributed by atoms with E-state index in [9.17, 15) is 10.1 Å². The van der Waals surface area contributed by atoms with E-state index in [0.29, 0.717) is 26.7 Å². The Morgan fingerprint density at radius 1 is 1.30 bits per heavy atom. The van der Waals surface area contributed by atoms with Crippen molar-refractivity contribution in [3.8, 4) is 16.8 Å². The summed E-state index contributed by atoms with van der Waals surface area (Å²) in [6.45, 7) is 1.80.